The Morgan fingerprint density at radius 2 is 1.48 bits per heavy atom. The van der Waals surface area contributed by atoms with Gasteiger partial charge in [0.1, 0.15) is 18.1 Å². The Morgan fingerprint density at radius 3 is 2.18 bits per heavy atom. The van der Waals surface area contributed by atoms with E-state index in [0.29, 0.717) is 24.7 Å². The second kappa shape index (κ2) is 10.9. The predicted octanol–water partition coefficient (Wildman–Crippen LogP) is 7.75. The molecule has 0 fully saturated rings. The fourth-order valence-corrected chi connectivity index (χ4v) is 3.93. The van der Waals surface area contributed by atoms with Gasteiger partial charge in [0.25, 0.3) is 0 Å². The normalized spacial score (nSPS) is 10.5. The van der Waals surface area contributed by atoms with Gasteiger partial charge in [0.05, 0.1) is 11.6 Å². The zero-order valence-electron chi connectivity index (χ0n) is 18.7. The van der Waals surface area contributed by atoms with Gasteiger partial charge in [-0.3, -0.25) is 0 Å². The molecule has 1 N–H and O–H groups in total. The smallest absolute Gasteiger partial charge is 0.175 e. The van der Waals surface area contributed by atoms with E-state index in [4.69, 9.17) is 14.2 Å². The van der Waals surface area contributed by atoms with Gasteiger partial charge < -0.3 is 19.5 Å². The van der Waals surface area contributed by atoms with Gasteiger partial charge >= 0.3 is 0 Å². The van der Waals surface area contributed by atoms with E-state index < -0.39 is 0 Å². The van der Waals surface area contributed by atoms with Gasteiger partial charge in [0, 0.05) is 12.2 Å². The van der Waals surface area contributed by atoms with Crippen molar-refractivity contribution in [3.8, 4) is 23.0 Å². The van der Waals surface area contributed by atoms with Crippen molar-refractivity contribution in [2.45, 2.75) is 20.1 Å². The molecule has 4 rings (SSSR count). The van der Waals surface area contributed by atoms with Crippen LogP contribution in [0, 0.1) is 6.92 Å². The molecule has 5 heteroatoms. The number of nitrogens with one attached hydrogen (secondary N) is 1. The molecule has 0 saturated carbocycles. The van der Waals surface area contributed by atoms with Gasteiger partial charge in [-0.15, -0.1) is 0 Å². The third kappa shape index (κ3) is 6.30. The molecular formula is C28H26BrNO3. The van der Waals surface area contributed by atoms with E-state index in [1.807, 2.05) is 66.7 Å². The molecule has 0 aromatic heterocycles. The molecule has 0 atom stereocenters. The van der Waals surface area contributed by atoms with Crippen LogP contribution in [-0.2, 0) is 13.2 Å². The lowest BCUT2D eigenvalue weighted by Crippen LogP contribution is -2.03. The minimum absolute atomic E-state index is 0.476. The predicted molar refractivity (Wildman–Crippen MR) is 136 cm³/mol. The molecule has 0 heterocycles. The molecular weight excluding hydrogens is 478 g/mol. The number of benzene rings is 4. The maximum atomic E-state index is 6.06. The molecule has 4 aromatic carbocycles. The van der Waals surface area contributed by atoms with Gasteiger partial charge in [-0.2, -0.15) is 0 Å². The first kappa shape index (κ1) is 22.7. The van der Waals surface area contributed by atoms with Crippen molar-refractivity contribution in [2.24, 2.45) is 0 Å². The van der Waals surface area contributed by atoms with Gasteiger partial charge in [0.15, 0.2) is 11.5 Å². The van der Waals surface area contributed by atoms with Gasteiger partial charge in [-0.05, 0) is 82.5 Å². The van der Waals surface area contributed by atoms with E-state index in [2.05, 4.69) is 52.4 Å². The van der Waals surface area contributed by atoms with Crippen molar-refractivity contribution in [3.05, 3.63) is 112 Å². The van der Waals surface area contributed by atoms with Crippen molar-refractivity contribution >= 4 is 21.6 Å². The lowest BCUT2D eigenvalue weighted by atomic mass is 10.1. The molecule has 0 spiro atoms. The van der Waals surface area contributed by atoms with Crippen LogP contribution in [0.1, 0.15) is 16.7 Å². The average Bonchev–Trinajstić information content (AvgIpc) is 2.84. The summed E-state index contributed by atoms with van der Waals surface area (Å²) in [7, 11) is 1.66. The number of aryl methyl sites for hydroxylation is 1. The summed E-state index contributed by atoms with van der Waals surface area (Å²) in [5.41, 5.74) is 4.42. The van der Waals surface area contributed by atoms with Crippen LogP contribution in [-0.4, -0.2) is 7.11 Å². The third-order valence-corrected chi connectivity index (χ3v) is 5.71. The van der Waals surface area contributed by atoms with Crippen LogP contribution in [0.4, 0.5) is 5.69 Å². The SMILES string of the molecule is COc1cc(CNc2ccc(Oc3ccccc3)cc2)cc(Br)c1OCc1ccc(C)cc1. The van der Waals surface area contributed by atoms with E-state index in [1.54, 1.807) is 7.11 Å². The van der Waals surface area contributed by atoms with Crippen LogP contribution in [0.15, 0.2) is 95.5 Å². The number of ether oxygens (including phenoxy) is 3. The summed E-state index contributed by atoms with van der Waals surface area (Å²) in [6, 6.07) is 30.0. The summed E-state index contributed by atoms with van der Waals surface area (Å²) in [5, 5.41) is 3.44. The Labute approximate surface area is 203 Å². The number of rotatable bonds is 9. The topological polar surface area (TPSA) is 39.7 Å². The Morgan fingerprint density at radius 1 is 0.788 bits per heavy atom. The Bertz CT molecular complexity index is 1180. The fourth-order valence-electron chi connectivity index (χ4n) is 3.32. The van der Waals surface area contributed by atoms with Crippen LogP contribution < -0.4 is 19.5 Å². The first-order valence-electron chi connectivity index (χ1n) is 10.7. The van der Waals surface area contributed by atoms with Crippen molar-refractivity contribution in [2.75, 3.05) is 12.4 Å². The Balaban J connectivity index is 1.38. The molecule has 33 heavy (non-hydrogen) atoms. The van der Waals surface area contributed by atoms with Crippen LogP contribution in [0.25, 0.3) is 0 Å². The minimum atomic E-state index is 0.476. The van der Waals surface area contributed by atoms with E-state index in [9.17, 15) is 0 Å². The largest absolute Gasteiger partial charge is 0.493 e. The number of methoxy groups -OCH3 is 1. The first-order chi connectivity index (χ1) is 16.1. The van der Waals surface area contributed by atoms with Crippen LogP contribution in [0.5, 0.6) is 23.0 Å². The maximum Gasteiger partial charge on any atom is 0.175 e. The summed E-state index contributed by atoms with van der Waals surface area (Å²) in [4.78, 5) is 0. The lowest BCUT2D eigenvalue weighted by molar-refractivity contribution is 0.282. The Kier molecular flexibility index (Phi) is 7.53. The number of para-hydroxylation sites is 1. The number of halogens is 1. The molecule has 4 nitrogen and oxygen atoms in total. The molecule has 4 aromatic rings. The van der Waals surface area contributed by atoms with Crippen molar-refractivity contribution in [3.63, 3.8) is 0 Å². The summed E-state index contributed by atoms with van der Waals surface area (Å²) in [6.07, 6.45) is 0. The van der Waals surface area contributed by atoms with E-state index >= 15 is 0 Å². The highest BCUT2D eigenvalue weighted by molar-refractivity contribution is 9.10. The standard InChI is InChI=1S/C28H26BrNO3/c1-20-8-10-21(11-9-20)19-32-28-26(29)16-22(17-27(28)31-2)18-30-23-12-14-25(15-13-23)33-24-6-4-3-5-7-24/h3-17,30H,18-19H2,1-2H3. The molecule has 0 aliphatic rings. The molecule has 0 radical (unpaired) electrons. The number of anilines is 1. The van der Waals surface area contributed by atoms with Crippen molar-refractivity contribution in [1.29, 1.82) is 0 Å². The zero-order valence-corrected chi connectivity index (χ0v) is 20.3. The van der Waals surface area contributed by atoms with Crippen LogP contribution >= 0.6 is 15.9 Å². The molecule has 0 bridgehead atoms. The summed E-state index contributed by atoms with van der Waals surface area (Å²) < 4.78 is 18.4. The minimum Gasteiger partial charge on any atom is -0.493 e. The second-order valence-corrected chi connectivity index (χ2v) is 8.53. The highest BCUT2D eigenvalue weighted by Crippen LogP contribution is 2.37. The lowest BCUT2D eigenvalue weighted by Gasteiger charge is -2.15. The highest BCUT2D eigenvalue weighted by Gasteiger charge is 2.12. The van der Waals surface area contributed by atoms with Gasteiger partial charge in [-0.25, -0.2) is 0 Å². The second-order valence-electron chi connectivity index (χ2n) is 7.68. The first-order valence-corrected chi connectivity index (χ1v) is 11.5. The zero-order chi connectivity index (χ0) is 23.0. The summed E-state index contributed by atoms with van der Waals surface area (Å²) in [5.74, 6) is 3.01. The maximum absolute atomic E-state index is 6.06. The monoisotopic (exact) mass is 503 g/mol. The van der Waals surface area contributed by atoms with Crippen molar-refractivity contribution < 1.29 is 14.2 Å². The van der Waals surface area contributed by atoms with Crippen molar-refractivity contribution in [1.82, 2.24) is 0 Å². The molecule has 0 unspecified atom stereocenters. The fraction of sp³-hybridized carbons (Fsp3) is 0.143. The Hall–Kier alpha value is -3.44. The van der Waals surface area contributed by atoms with Crippen LogP contribution in [0.2, 0.25) is 0 Å². The molecule has 0 saturated heterocycles. The average molecular weight is 504 g/mol. The van der Waals surface area contributed by atoms with E-state index in [1.165, 1.54) is 5.56 Å². The molecule has 0 aliphatic heterocycles. The van der Waals surface area contributed by atoms with Crippen LogP contribution in [0.3, 0.4) is 0 Å². The highest BCUT2D eigenvalue weighted by atomic mass is 79.9. The van der Waals surface area contributed by atoms with E-state index in [-0.39, 0.29) is 0 Å². The quantitative estimate of drug-likeness (QED) is 0.253. The molecule has 0 aliphatic carbocycles. The summed E-state index contributed by atoms with van der Waals surface area (Å²) in [6.45, 7) is 3.19. The third-order valence-electron chi connectivity index (χ3n) is 5.12. The number of hydrogen-bond donors (Lipinski definition) is 1. The van der Waals surface area contributed by atoms with E-state index in [0.717, 1.165) is 32.8 Å². The molecule has 0 amide bonds. The number of hydrogen-bond acceptors (Lipinski definition) is 4. The summed E-state index contributed by atoms with van der Waals surface area (Å²) >= 11 is 3.64. The van der Waals surface area contributed by atoms with Gasteiger partial charge in [0.2, 0.25) is 0 Å². The molecule has 168 valence electrons. The van der Waals surface area contributed by atoms with Gasteiger partial charge in [-0.1, -0.05) is 48.0 Å².